The molecular formula is C30H33ClN2O8. The summed E-state index contributed by atoms with van der Waals surface area (Å²) in [6, 6.07) is 10.5. The largest absolute Gasteiger partial charge is 0.504 e. The molecule has 218 valence electrons. The van der Waals surface area contributed by atoms with E-state index < -0.39 is 29.1 Å². The van der Waals surface area contributed by atoms with Crippen LogP contribution in [0.2, 0.25) is 5.02 Å². The Morgan fingerprint density at radius 1 is 1.05 bits per heavy atom. The maximum atomic E-state index is 13.5. The highest BCUT2D eigenvalue weighted by Gasteiger charge is 2.73. The molecule has 0 radical (unpaired) electrons. The van der Waals surface area contributed by atoms with Crippen LogP contribution in [-0.4, -0.2) is 92.0 Å². The van der Waals surface area contributed by atoms with Crippen molar-refractivity contribution >= 4 is 29.4 Å². The normalized spacial score (nSPS) is 30.8. The third kappa shape index (κ3) is 4.26. The Hall–Kier alpha value is -3.34. The lowest BCUT2D eigenvalue weighted by molar-refractivity contribution is -0.197. The predicted molar refractivity (Wildman–Crippen MR) is 147 cm³/mol. The van der Waals surface area contributed by atoms with Crippen LogP contribution in [0.25, 0.3) is 0 Å². The molecule has 2 saturated carbocycles. The number of aliphatic hydroxyl groups is 1. The number of halogens is 1. The van der Waals surface area contributed by atoms with Crippen LogP contribution >= 0.6 is 11.6 Å². The van der Waals surface area contributed by atoms with Crippen molar-refractivity contribution in [3.8, 4) is 11.5 Å². The molecule has 1 amide bonds. The van der Waals surface area contributed by atoms with E-state index in [1.54, 1.807) is 35.2 Å². The van der Waals surface area contributed by atoms with Gasteiger partial charge in [-0.25, -0.2) is 9.59 Å². The molecule has 7 rings (SSSR count). The molecule has 2 bridgehead atoms. The Morgan fingerprint density at radius 2 is 1.73 bits per heavy atom. The lowest BCUT2D eigenvalue weighted by atomic mass is 9.48. The molecule has 2 aromatic carbocycles. The van der Waals surface area contributed by atoms with Gasteiger partial charge in [-0.2, -0.15) is 0 Å². The van der Waals surface area contributed by atoms with Gasteiger partial charge in [0, 0.05) is 35.8 Å². The first-order valence-electron chi connectivity index (χ1n) is 13.9. The number of ether oxygens (including phenoxy) is 1. The zero-order chi connectivity index (χ0) is 29.3. The van der Waals surface area contributed by atoms with Crippen LogP contribution in [0.1, 0.15) is 53.6 Å². The molecule has 5 aliphatic rings. The monoisotopic (exact) mass is 584 g/mol. The highest BCUT2D eigenvalue weighted by Crippen LogP contribution is 2.66. The highest BCUT2D eigenvalue weighted by molar-refractivity contribution is 6.30. The number of phenolic OH excluding ortho intramolecular Hbond substituents is 1. The Bertz CT molecular complexity index is 1400. The topological polar surface area (TPSA) is 148 Å². The van der Waals surface area contributed by atoms with E-state index in [0.717, 1.165) is 37.4 Å². The molecule has 1 unspecified atom stereocenters. The summed E-state index contributed by atoms with van der Waals surface area (Å²) in [6.07, 6.45) is 4.95. The number of carbonyl (C=O) groups excluding carboxylic acids is 1. The quantitative estimate of drug-likeness (QED) is 0.398. The minimum atomic E-state index is -1.82. The number of piperidine rings is 1. The first-order valence-corrected chi connectivity index (χ1v) is 14.3. The molecule has 1 spiro atoms. The van der Waals surface area contributed by atoms with Crippen molar-refractivity contribution in [1.82, 2.24) is 9.80 Å². The van der Waals surface area contributed by atoms with Crippen LogP contribution in [-0.2, 0) is 21.4 Å². The van der Waals surface area contributed by atoms with Crippen LogP contribution in [0.4, 0.5) is 0 Å². The lowest BCUT2D eigenvalue weighted by Crippen LogP contribution is -2.78. The van der Waals surface area contributed by atoms with E-state index >= 15 is 0 Å². The second-order valence-electron chi connectivity index (χ2n) is 11.9. The molecule has 5 atom stereocenters. The van der Waals surface area contributed by atoms with Gasteiger partial charge < -0.3 is 30.1 Å². The van der Waals surface area contributed by atoms with Crippen LogP contribution in [0.3, 0.4) is 0 Å². The minimum absolute atomic E-state index is 0.0316. The van der Waals surface area contributed by atoms with Crippen molar-refractivity contribution in [2.24, 2.45) is 5.92 Å². The minimum Gasteiger partial charge on any atom is -0.504 e. The van der Waals surface area contributed by atoms with Crippen LogP contribution in [0, 0.1) is 5.92 Å². The van der Waals surface area contributed by atoms with E-state index in [1.165, 1.54) is 18.4 Å². The SMILES string of the molecule is CN(C(=O)c1ccc(Cl)cc1)[C@@H]1CC[C@@]2(O)[C@H]3Cc4ccc(O)c5c4C2(CCN3CC2CC2)[C@H]1O5.O=C(O)C(=O)O. The number of carboxylic acids is 2. The van der Waals surface area contributed by atoms with Gasteiger partial charge in [0.1, 0.15) is 6.10 Å². The Kier molecular flexibility index (Phi) is 6.71. The number of phenols is 1. The van der Waals surface area contributed by atoms with Crippen molar-refractivity contribution in [2.75, 3.05) is 20.1 Å². The average Bonchev–Trinajstić information content (AvgIpc) is 3.68. The molecule has 3 fully saturated rings. The van der Waals surface area contributed by atoms with Gasteiger partial charge in [-0.15, -0.1) is 0 Å². The molecule has 1 saturated heterocycles. The average molecular weight is 585 g/mol. The van der Waals surface area contributed by atoms with Gasteiger partial charge >= 0.3 is 11.9 Å². The van der Waals surface area contributed by atoms with Gasteiger partial charge in [-0.05, 0) is 86.9 Å². The number of likely N-dealkylation sites (N-methyl/N-ethyl adjacent to an activating group) is 1. The Morgan fingerprint density at radius 3 is 2.37 bits per heavy atom. The fourth-order valence-electron chi connectivity index (χ4n) is 7.80. The van der Waals surface area contributed by atoms with Crippen LogP contribution in [0.15, 0.2) is 36.4 Å². The van der Waals surface area contributed by atoms with E-state index in [0.29, 0.717) is 29.2 Å². The van der Waals surface area contributed by atoms with Crippen molar-refractivity contribution in [3.05, 3.63) is 58.1 Å². The summed E-state index contributed by atoms with van der Waals surface area (Å²) in [5.74, 6) is -2.35. The third-order valence-corrected chi connectivity index (χ3v) is 10.1. The molecule has 10 nitrogen and oxygen atoms in total. The number of nitrogens with zero attached hydrogens (tertiary/aromatic N) is 2. The molecule has 2 heterocycles. The van der Waals surface area contributed by atoms with Gasteiger partial charge in [-0.3, -0.25) is 9.69 Å². The molecule has 2 aliphatic heterocycles. The van der Waals surface area contributed by atoms with Gasteiger partial charge in [0.25, 0.3) is 5.91 Å². The molecular weight excluding hydrogens is 552 g/mol. The molecule has 4 N–H and O–H groups in total. The Labute approximate surface area is 242 Å². The summed E-state index contributed by atoms with van der Waals surface area (Å²) in [7, 11) is 1.83. The second-order valence-corrected chi connectivity index (χ2v) is 12.4. The lowest BCUT2D eigenvalue weighted by Gasteiger charge is -2.64. The molecule has 11 heteroatoms. The highest BCUT2D eigenvalue weighted by atomic mass is 35.5. The van der Waals surface area contributed by atoms with Gasteiger partial charge in [-0.1, -0.05) is 17.7 Å². The summed E-state index contributed by atoms with van der Waals surface area (Å²) in [5.41, 5.74) is 1.16. The number of aromatic hydroxyl groups is 1. The fraction of sp³-hybridized carbons (Fsp3) is 0.500. The second kappa shape index (κ2) is 9.89. The fourth-order valence-corrected chi connectivity index (χ4v) is 7.92. The number of amides is 1. The Balaban J connectivity index is 0.000000458. The zero-order valence-electron chi connectivity index (χ0n) is 22.6. The number of rotatable bonds is 4. The van der Waals surface area contributed by atoms with Crippen molar-refractivity contribution in [3.63, 3.8) is 0 Å². The first kappa shape index (κ1) is 27.8. The summed E-state index contributed by atoms with van der Waals surface area (Å²) < 4.78 is 6.60. The first-order chi connectivity index (χ1) is 19.5. The molecule has 41 heavy (non-hydrogen) atoms. The van der Waals surface area contributed by atoms with E-state index in [1.807, 2.05) is 13.1 Å². The standard InChI is InChI=1S/C28H31ClN2O4.C2H2O4/c1-30(26(33)17-4-7-19(29)8-5-17)20-10-11-28(34)22-14-18-6-9-21(32)24-23(18)27(28,25(20)35-24)12-13-31(22)15-16-2-3-16;3-1(4)2(5)6/h4-9,16,20,22,25,32,34H,2-3,10-15H2,1H3;(H,3,4)(H,5,6)/t20-,22-,25+,27?,28-;/m1./s1. The van der Waals surface area contributed by atoms with Crippen LogP contribution in [0.5, 0.6) is 11.5 Å². The van der Waals surface area contributed by atoms with Gasteiger partial charge in [0.15, 0.2) is 11.5 Å². The van der Waals surface area contributed by atoms with Gasteiger partial charge in [0.2, 0.25) is 0 Å². The number of carboxylic acid groups (broad SMARTS) is 2. The van der Waals surface area contributed by atoms with Crippen molar-refractivity contribution in [2.45, 2.75) is 67.7 Å². The number of hydrogen-bond acceptors (Lipinski definition) is 7. The number of hydrogen-bond donors (Lipinski definition) is 4. The smallest absolute Gasteiger partial charge is 0.414 e. The van der Waals surface area contributed by atoms with E-state index in [2.05, 4.69) is 4.90 Å². The molecule has 3 aliphatic carbocycles. The number of likely N-dealkylation sites (tertiary alicyclic amines) is 1. The predicted octanol–water partition coefficient (Wildman–Crippen LogP) is 2.91. The maximum Gasteiger partial charge on any atom is 0.414 e. The number of carbonyl (C=O) groups is 3. The summed E-state index contributed by atoms with van der Waals surface area (Å²) in [6.45, 7) is 1.95. The molecule has 2 aromatic rings. The van der Waals surface area contributed by atoms with Crippen molar-refractivity contribution < 1.29 is 39.5 Å². The summed E-state index contributed by atoms with van der Waals surface area (Å²) in [5, 5.41) is 38.7. The molecule has 0 aromatic heterocycles. The maximum absolute atomic E-state index is 13.5. The van der Waals surface area contributed by atoms with E-state index in [9.17, 15) is 15.0 Å². The zero-order valence-corrected chi connectivity index (χ0v) is 23.4. The number of aliphatic carboxylic acids is 2. The third-order valence-electron chi connectivity index (χ3n) is 9.82. The summed E-state index contributed by atoms with van der Waals surface area (Å²) >= 11 is 6.04. The number of benzene rings is 2. The van der Waals surface area contributed by atoms with Crippen LogP contribution < -0.4 is 4.74 Å². The van der Waals surface area contributed by atoms with Gasteiger partial charge in [0.05, 0.1) is 17.1 Å². The van der Waals surface area contributed by atoms with E-state index in [4.69, 9.17) is 36.1 Å². The summed E-state index contributed by atoms with van der Waals surface area (Å²) in [4.78, 5) is 36.0. The van der Waals surface area contributed by atoms with E-state index in [-0.39, 0.29) is 23.7 Å². The van der Waals surface area contributed by atoms with Crippen molar-refractivity contribution in [1.29, 1.82) is 0 Å².